The van der Waals surface area contributed by atoms with Crippen LogP contribution in [0.5, 0.6) is 0 Å². The summed E-state index contributed by atoms with van der Waals surface area (Å²) >= 11 is 0. The Kier molecular flexibility index (Phi) is 11.3. The molecule has 2 aromatic rings. The molecule has 1 aliphatic rings. The van der Waals surface area contributed by atoms with Crippen molar-refractivity contribution in [3.63, 3.8) is 0 Å². The van der Waals surface area contributed by atoms with Gasteiger partial charge in [-0.1, -0.05) is 60.7 Å². The van der Waals surface area contributed by atoms with Crippen molar-refractivity contribution in [1.29, 1.82) is 0 Å². The van der Waals surface area contributed by atoms with Crippen LogP contribution in [0.4, 0.5) is 9.59 Å². The van der Waals surface area contributed by atoms with Crippen molar-refractivity contribution in [1.82, 2.24) is 15.1 Å². The van der Waals surface area contributed by atoms with E-state index in [1.165, 1.54) is 12.8 Å². The van der Waals surface area contributed by atoms with Gasteiger partial charge in [0.05, 0.1) is 0 Å². The van der Waals surface area contributed by atoms with Gasteiger partial charge >= 0.3 is 12.2 Å². The van der Waals surface area contributed by atoms with E-state index in [4.69, 9.17) is 9.47 Å². The van der Waals surface area contributed by atoms with Crippen molar-refractivity contribution in [3.05, 3.63) is 71.8 Å². The van der Waals surface area contributed by atoms with Gasteiger partial charge in [-0.05, 0) is 77.1 Å². The van der Waals surface area contributed by atoms with Gasteiger partial charge < -0.3 is 24.6 Å². The first-order chi connectivity index (χ1) is 17.8. The number of hydrogen-bond acceptors (Lipinski definition) is 5. The molecule has 0 saturated carbocycles. The van der Waals surface area contributed by atoms with Gasteiger partial charge in [0.25, 0.3) is 0 Å². The molecule has 202 valence electrons. The Bertz CT molecular complexity index is 940. The third kappa shape index (κ3) is 11.3. The average molecular weight is 510 g/mol. The van der Waals surface area contributed by atoms with E-state index in [0.29, 0.717) is 19.5 Å². The fraction of sp³-hybridized carbons (Fsp3) is 0.533. The third-order valence-corrected chi connectivity index (χ3v) is 6.37. The Hall–Kier alpha value is -3.06. The van der Waals surface area contributed by atoms with Crippen LogP contribution in [0.25, 0.3) is 0 Å². The van der Waals surface area contributed by atoms with E-state index in [0.717, 1.165) is 43.6 Å². The van der Waals surface area contributed by atoms with E-state index >= 15 is 0 Å². The first-order valence-corrected chi connectivity index (χ1v) is 13.5. The minimum atomic E-state index is -0.559. The van der Waals surface area contributed by atoms with Crippen molar-refractivity contribution in [2.45, 2.75) is 71.1 Å². The van der Waals surface area contributed by atoms with Crippen LogP contribution in [0.3, 0.4) is 0 Å². The number of nitrogens with zero attached hydrogens (tertiary/aromatic N) is 2. The largest absolute Gasteiger partial charge is 0.445 e. The molecular formula is C30H43N3O4. The molecule has 0 aliphatic carbocycles. The number of amides is 2. The third-order valence-electron chi connectivity index (χ3n) is 6.37. The Morgan fingerprint density at radius 3 is 2.19 bits per heavy atom. The van der Waals surface area contributed by atoms with Crippen LogP contribution in [0.2, 0.25) is 0 Å². The zero-order chi connectivity index (χ0) is 26.5. The van der Waals surface area contributed by atoms with Crippen LogP contribution >= 0.6 is 0 Å². The normalized spacial score (nSPS) is 14.7. The van der Waals surface area contributed by atoms with Crippen LogP contribution in [0.1, 0.15) is 57.6 Å². The molecule has 0 unspecified atom stereocenters. The maximum atomic E-state index is 13.0. The first-order valence-electron chi connectivity index (χ1n) is 13.5. The standard InChI is InChI=1S/C30H43N3O4/c1-30(2,3)37-28(34)31-27(23-25-13-6-4-7-14-25)17-12-20-33(22-21-32-18-10-11-19-32)29(35)36-24-26-15-8-5-9-16-26/h4-9,13-16,27H,10-12,17-24H2,1-3H3,(H,31,34)/t27-/m1/s1. The topological polar surface area (TPSA) is 71.1 Å². The van der Waals surface area contributed by atoms with Crippen LogP contribution in [0, 0.1) is 0 Å². The van der Waals surface area contributed by atoms with E-state index in [-0.39, 0.29) is 18.7 Å². The maximum Gasteiger partial charge on any atom is 0.410 e. The van der Waals surface area contributed by atoms with Crippen LogP contribution in [-0.2, 0) is 22.5 Å². The van der Waals surface area contributed by atoms with Crippen molar-refractivity contribution < 1.29 is 19.1 Å². The van der Waals surface area contributed by atoms with Gasteiger partial charge in [-0.2, -0.15) is 0 Å². The molecule has 0 aromatic heterocycles. The second-order valence-corrected chi connectivity index (χ2v) is 10.8. The molecular weight excluding hydrogens is 466 g/mol. The number of rotatable bonds is 12. The lowest BCUT2D eigenvalue weighted by molar-refractivity contribution is 0.0498. The molecule has 3 rings (SSSR count). The Morgan fingerprint density at radius 2 is 1.57 bits per heavy atom. The Labute approximate surface area is 222 Å². The molecule has 7 heteroatoms. The van der Waals surface area contributed by atoms with E-state index in [9.17, 15) is 9.59 Å². The van der Waals surface area contributed by atoms with Gasteiger partial charge in [0, 0.05) is 25.7 Å². The number of likely N-dealkylation sites (tertiary alicyclic amines) is 1. The number of nitrogens with one attached hydrogen (secondary N) is 1. The number of hydrogen-bond donors (Lipinski definition) is 1. The Balaban J connectivity index is 1.58. The van der Waals surface area contributed by atoms with Gasteiger partial charge in [0.1, 0.15) is 12.2 Å². The lowest BCUT2D eigenvalue weighted by Gasteiger charge is -2.27. The number of benzene rings is 2. The highest BCUT2D eigenvalue weighted by Crippen LogP contribution is 2.13. The summed E-state index contributed by atoms with van der Waals surface area (Å²) in [6.45, 7) is 10.1. The second-order valence-electron chi connectivity index (χ2n) is 10.8. The molecule has 2 amide bonds. The molecule has 1 saturated heterocycles. The number of ether oxygens (including phenoxy) is 2. The van der Waals surface area contributed by atoms with Crippen LogP contribution < -0.4 is 5.32 Å². The fourth-order valence-corrected chi connectivity index (χ4v) is 4.50. The van der Waals surface area contributed by atoms with Gasteiger partial charge in [-0.15, -0.1) is 0 Å². The number of carbonyl (C=O) groups excluding carboxylic acids is 2. The van der Waals surface area contributed by atoms with E-state index in [2.05, 4.69) is 22.3 Å². The molecule has 37 heavy (non-hydrogen) atoms. The zero-order valence-electron chi connectivity index (χ0n) is 22.7. The van der Waals surface area contributed by atoms with Crippen LogP contribution in [0.15, 0.2) is 60.7 Å². The summed E-state index contributed by atoms with van der Waals surface area (Å²) in [5.74, 6) is 0. The SMILES string of the molecule is CC(C)(C)OC(=O)N[C@H](CCCN(CCN1CCCC1)C(=O)OCc1ccccc1)Cc1ccccc1. The van der Waals surface area contributed by atoms with E-state index < -0.39 is 11.7 Å². The van der Waals surface area contributed by atoms with E-state index in [1.807, 2.05) is 74.2 Å². The fourth-order valence-electron chi connectivity index (χ4n) is 4.50. The van der Waals surface area contributed by atoms with Crippen molar-refractivity contribution in [3.8, 4) is 0 Å². The summed E-state index contributed by atoms with van der Waals surface area (Å²) in [4.78, 5) is 29.7. The van der Waals surface area contributed by atoms with Gasteiger partial charge in [-0.25, -0.2) is 9.59 Å². The summed E-state index contributed by atoms with van der Waals surface area (Å²) in [5.41, 5.74) is 1.56. The average Bonchev–Trinajstić information content (AvgIpc) is 3.38. The second kappa shape index (κ2) is 14.6. The molecule has 2 aromatic carbocycles. The summed E-state index contributed by atoms with van der Waals surface area (Å²) < 4.78 is 11.2. The first kappa shape index (κ1) is 28.5. The van der Waals surface area contributed by atoms with Gasteiger partial charge in [0.15, 0.2) is 0 Å². The summed E-state index contributed by atoms with van der Waals surface area (Å²) in [6.07, 6.45) is 3.90. The predicted octanol–water partition coefficient (Wildman–Crippen LogP) is 5.64. The zero-order valence-corrected chi connectivity index (χ0v) is 22.7. The molecule has 1 heterocycles. The number of carbonyl (C=O) groups is 2. The highest BCUT2D eigenvalue weighted by molar-refractivity contribution is 5.68. The predicted molar refractivity (Wildman–Crippen MR) is 146 cm³/mol. The van der Waals surface area contributed by atoms with Gasteiger partial charge in [0.2, 0.25) is 0 Å². The van der Waals surface area contributed by atoms with E-state index in [1.54, 1.807) is 0 Å². The lowest BCUT2D eigenvalue weighted by atomic mass is 10.0. The Morgan fingerprint density at radius 1 is 0.946 bits per heavy atom. The van der Waals surface area contributed by atoms with Crippen LogP contribution in [-0.4, -0.2) is 66.4 Å². The smallest absolute Gasteiger partial charge is 0.410 e. The van der Waals surface area contributed by atoms with Crippen molar-refractivity contribution in [2.75, 3.05) is 32.7 Å². The quantitative estimate of drug-likeness (QED) is 0.401. The number of alkyl carbamates (subject to hydrolysis) is 1. The highest BCUT2D eigenvalue weighted by Gasteiger charge is 2.22. The molecule has 1 N–H and O–H groups in total. The molecule has 1 fully saturated rings. The molecule has 1 atom stereocenters. The molecule has 1 aliphatic heterocycles. The molecule has 0 radical (unpaired) electrons. The summed E-state index contributed by atoms with van der Waals surface area (Å²) in [6, 6.07) is 19.8. The molecule has 7 nitrogen and oxygen atoms in total. The minimum absolute atomic E-state index is 0.0991. The van der Waals surface area contributed by atoms with Crippen molar-refractivity contribution in [2.24, 2.45) is 0 Å². The monoisotopic (exact) mass is 509 g/mol. The lowest BCUT2D eigenvalue weighted by Crippen LogP contribution is -2.42. The minimum Gasteiger partial charge on any atom is -0.445 e. The summed E-state index contributed by atoms with van der Waals surface area (Å²) in [7, 11) is 0. The highest BCUT2D eigenvalue weighted by atomic mass is 16.6. The molecule has 0 bridgehead atoms. The maximum absolute atomic E-state index is 13.0. The van der Waals surface area contributed by atoms with Crippen molar-refractivity contribution >= 4 is 12.2 Å². The molecule has 0 spiro atoms. The summed E-state index contributed by atoms with van der Waals surface area (Å²) in [5, 5.41) is 3.04. The van der Waals surface area contributed by atoms with Gasteiger partial charge in [-0.3, -0.25) is 0 Å².